The topological polar surface area (TPSA) is 90.5 Å². The van der Waals surface area contributed by atoms with Crippen LogP contribution in [0.5, 0.6) is 0 Å². The number of carbonyl (C=O) groups is 3. The Morgan fingerprint density at radius 1 is 0.829 bits per heavy atom. The third-order valence-electron chi connectivity index (χ3n) is 7.02. The Labute approximate surface area is 207 Å². The van der Waals surface area contributed by atoms with Gasteiger partial charge in [0.15, 0.2) is 0 Å². The number of carbonyl (C=O) groups excluding carboxylic acids is 3. The van der Waals surface area contributed by atoms with Gasteiger partial charge in [-0.25, -0.2) is 0 Å². The summed E-state index contributed by atoms with van der Waals surface area (Å²) in [5, 5.41) is 9.07. The molecule has 1 aliphatic carbocycles. The highest BCUT2D eigenvalue weighted by molar-refractivity contribution is 6.04. The summed E-state index contributed by atoms with van der Waals surface area (Å²) in [4.78, 5) is 40.1. The molecule has 4 rings (SSSR count). The van der Waals surface area contributed by atoms with Crippen molar-refractivity contribution < 1.29 is 14.4 Å². The maximum Gasteiger partial charge on any atom is 0.253 e. The summed E-state index contributed by atoms with van der Waals surface area (Å²) < 4.78 is 0. The SMILES string of the molecule is O=C(CN1CCC(NC(=O)C2CCCCC2)CC1)Nc1ccccc1C(=O)NCc1ccccc1. The van der Waals surface area contributed by atoms with Gasteiger partial charge in [0, 0.05) is 31.6 Å². The van der Waals surface area contributed by atoms with E-state index in [9.17, 15) is 14.4 Å². The Kier molecular flexibility index (Phi) is 8.90. The number of likely N-dealkylation sites (tertiary alicyclic amines) is 1. The van der Waals surface area contributed by atoms with E-state index in [2.05, 4.69) is 20.9 Å². The van der Waals surface area contributed by atoms with E-state index in [-0.39, 0.29) is 36.2 Å². The molecule has 0 radical (unpaired) electrons. The molecule has 0 aromatic heterocycles. The van der Waals surface area contributed by atoms with Gasteiger partial charge in [0.1, 0.15) is 0 Å². The second-order valence-corrected chi connectivity index (χ2v) is 9.66. The summed E-state index contributed by atoms with van der Waals surface area (Å²) >= 11 is 0. The van der Waals surface area contributed by atoms with E-state index in [4.69, 9.17) is 0 Å². The minimum atomic E-state index is -0.223. The Hall–Kier alpha value is -3.19. The fourth-order valence-corrected chi connectivity index (χ4v) is 4.98. The van der Waals surface area contributed by atoms with Crippen LogP contribution >= 0.6 is 0 Å². The van der Waals surface area contributed by atoms with E-state index in [1.54, 1.807) is 18.2 Å². The molecule has 7 heteroatoms. The van der Waals surface area contributed by atoms with Gasteiger partial charge in [0.25, 0.3) is 5.91 Å². The summed E-state index contributed by atoms with van der Waals surface area (Å²) in [5.74, 6) is 0.0258. The monoisotopic (exact) mass is 476 g/mol. The van der Waals surface area contributed by atoms with E-state index in [0.717, 1.165) is 57.2 Å². The van der Waals surface area contributed by atoms with Crippen LogP contribution in [0.25, 0.3) is 0 Å². The minimum Gasteiger partial charge on any atom is -0.353 e. The van der Waals surface area contributed by atoms with Gasteiger partial charge in [-0.2, -0.15) is 0 Å². The van der Waals surface area contributed by atoms with Gasteiger partial charge in [-0.05, 0) is 43.4 Å². The minimum absolute atomic E-state index is 0.141. The highest BCUT2D eigenvalue weighted by Gasteiger charge is 2.26. The van der Waals surface area contributed by atoms with Crippen molar-refractivity contribution in [1.29, 1.82) is 0 Å². The molecule has 1 aliphatic heterocycles. The van der Waals surface area contributed by atoms with Crippen molar-refractivity contribution in [2.75, 3.05) is 25.0 Å². The fourth-order valence-electron chi connectivity index (χ4n) is 4.98. The lowest BCUT2D eigenvalue weighted by Crippen LogP contribution is -2.48. The molecular formula is C28H36N4O3. The number of piperidine rings is 1. The summed E-state index contributed by atoms with van der Waals surface area (Å²) in [6, 6.07) is 17.0. The molecule has 1 saturated carbocycles. The summed E-state index contributed by atoms with van der Waals surface area (Å²) in [6.45, 7) is 2.22. The number of nitrogens with zero attached hydrogens (tertiary/aromatic N) is 1. The number of hydrogen-bond donors (Lipinski definition) is 3. The van der Waals surface area contributed by atoms with Crippen LogP contribution in [0.4, 0.5) is 5.69 Å². The van der Waals surface area contributed by atoms with Gasteiger partial charge >= 0.3 is 0 Å². The molecule has 1 heterocycles. The van der Waals surface area contributed by atoms with E-state index in [1.807, 2.05) is 36.4 Å². The smallest absolute Gasteiger partial charge is 0.253 e. The quantitative estimate of drug-likeness (QED) is 0.542. The first-order valence-electron chi connectivity index (χ1n) is 12.8. The third-order valence-corrected chi connectivity index (χ3v) is 7.02. The van der Waals surface area contributed by atoms with Gasteiger partial charge in [0.05, 0.1) is 17.8 Å². The molecule has 35 heavy (non-hydrogen) atoms. The van der Waals surface area contributed by atoms with Crippen molar-refractivity contribution in [1.82, 2.24) is 15.5 Å². The number of nitrogens with one attached hydrogen (secondary N) is 3. The number of benzene rings is 2. The zero-order valence-electron chi connectivity index (χ0n) is 20.3. The van der Waals surface area contributed by atoms with Crippen LogP contribution in [0.1, 0.15) is 60.9 Å². The largest absolute Gasteiger partial charge is 0.353 e. The Balaban J connectivity index is 1.22. The second-order valence-electron chi connectivity index (χ2n) is 9.66. The van der Waals surface area contributed by atoms with Gasteiger partial charge < -0.3 is 16.0 Å². The van der Waals surface area contributed by atoms with Crippen molar-refractivity contribution in [2.45, 2.75) is 57.5 Å². The van der Waals surface area contributed by atoms with Gasteiger partial charge in [0.2, 0.25) is 11.8 Å². The molecular weight excluding hydrogens is 440 g/mol. The van der Waals surface area contributed by atoms with Gasteiger partial charge in [-0.1, -0.05) is 61.7 Å². The number of para-hydroxylation sites is 1. The molecule has 2 fully saturated rings. The lowest BCUT2D eigenvalue weighted by atomic mass is 9.88. The predicted molar refractivity (Wildman–Crippen MR) is 137 cm³/mol. The first-order valence-corrected chi connectivity index (χ1v) is 12.8. The normalized spacial score (nSPS) is 17.5. The molecule has 0 unspecified atom stereocenters. The van der Waals surface area contributed by atoms with Crippen LogP contribution in [-0.2, 0) is 16.1 Å². The molecule has 2 aromatic carbocycles. The molecule has 0 spiro atoms. The van der Waals surface area contributed by atoms with E-state index in [0.29, 0.717) is 17.8 Å². The predicted octanol–water partition coefficient (Wildman–Crippen LogP) is 3.72. The summed E-state index contributed by atoms with van der Waals surface area (Å²) in [7, 11) is 0. The molecule has 3 amide bonds. The highest BCUT2D eigenvalue weighted by atomic mass is 16.2. The highest BCUT2D eigenvalue weighted by Crippen LogP contribution is 2.24. The molecule has 186 valence electrons. The molecule has 2 aromatic rings. The van der Waals surface area contributed by atoms with E-state index >= 15 is 0 Å². The summed E-state index contributed by atoms with van der Waals surface area (Å²) in [5.41, 5.74) is 1.97. The molecule has 0 bridgehead atoms. The molecule has 2 aliphatic rings. The van der Waals surface area contributed by atoms with E-state index < -0.39 is 0 Å². The number of rotatable bonds is 8. The first kappa shape index (κ1) is 24.9. The zero-order valence-corrected chi connectivity index (χ0v) is 20.3. The van der Waals surface area contributed by atoms with Crippen LogP contribution in [0, 0.1) is 5.92 Å². The molecule has 0 atom stereocenters. The van der Waals surface area contributed by atoms with Gasteiger partial charge in [-0.3, -0.25) is 19.3 Å². The Morgan fingerprint density at radius 3 is 2.26 bits per heavy atom. The number of amides is 3. The van der Waals surface area contributed by atoms with Crippen LogP contribution in [0.15, 0.2) is 54.6 Å². The number of anilines is 1. The average molecular weight is 477 g/mol. The lowest BCUT2D eigenvalue weighted by Gasteiger charge is -2.33. The lowest BCUT2D eigenvalue weighted by molar-refractivity contribution is -0.127. The molecule has 1 saturated heterocycles. The molecule has 3 N–H and O–H groups in total. The second kappa shape index (κ2) is 12.5. The van der Waals surface area contributed by atoms with Crippen LogP contribution in [0.2, 0.25) is 0 Å². The fraction of sp³-hybridized carbons (Fsp3) is 0.464. The van der Waals surface area contributed by atoms with Crippen molar-refractivity contribution in [2.24, 2.45) is 5.92 Å². The third kappa shape index (κ3) is 7.39. The van der Waals surface area contributed by atoms with Crippen LogP contribution in [-0.4, -0.2) is 48.3 Å². The average Bonchev–Trinajstić information content (AvgIpc) is 2.90. The van der Waals surface area contributed by atoms with Crippen molar-refractivity contribution in [3.05, 3.63) is 65.7 Å². The van der Waals surface area contributed by atoms with Crippen LogP contribution in [0.3, 0.4) is 0 Å². The summed E-state index contributed by atoms with van der Waals surface area (Å²) in [6.07, 6.45) is 7.28. The van der Waals surface area contributed by atoms with Crippen molar-refractivity contribution in [3.8, 4) is 0 Å². The Bertz CT molecular complexity index is 996. The first-order chi connectivity index (χ1) is 17.1. The standard InChI is InChI=1S/C28H36N4O3/c33-26(20-32-17-15-23(16-18-32)30-27(34)22-11-5-2-6-12-22)31-25-14-8-7-13-24(25)28(35)29-19-21-9-3-1-4-10-21/h1,3-4,7-10,13-14,22-23H,2,5-6,11-12,15-20H2,(H,29,35)(H,30,34)(H,31,33). The van der Waals surface area contributed by atoms with Crippen molar-refractivity contribution >= 4 is 23.4 Å². The zero-order chi connectivity index (χ0) is 24.5. The van der Waals surface area contributed by atoms with E-state index in [1.165, 1.54) is 6.42 Å². The van der Waals surface area contributed by atoms with Gasteiger partial charge in [-0.15, -0.1) is 0 Å². The Morgan fingerprint density at radius 2 is 1.51 bits per heavy atom. The van der Waals surface area contributed by atoms with Crippen molar-refractivity contribution in [3.63, 3.8) is 0 Å². The number of hydrogen-bond acceptors (Lipinski definition) is 4. The van der Waals surface area contributed by atoms with Crippen LogP contribution < -0.4 is 16.0 Å². The maximum absolute atomic E-state index is 12.7. The maximum atomic E-state index is 12.7. The molecule has 7 nitrogen and oxygen atoms in total.